The van der Waals surface area contributed by atoms with Crippen LogP contribution in [0.15, 0.2) is 30.4 Å². The van der Waals surface area contributed by atoms with Gasteiger partial charge in [0.05, 0.1) is 16.8 Å². The molecular weight excluding hydrogens is 467 g/mol. The number of carbonyl (C=O) groups excluding carboxylic acids is 2. The molecule has 138 valence electrons. The van der Waals surface area contributed by atoms with Gasteiger partial charge < -0.3 is 9.47 Å². The third kappa shape index (κ3) is 4.42. The normalized spacial score (nSPS) is 15.9. The highest BCUT2D eigenvalue weighted by atomic mass is 127. The summed E-state index contributed by atoms with van der Waals surface area (Å²) in [7, 11) is 0. The summed E-state index contributed by atoms with van der Waals surface area (Å²) in [6.07, 6.45) is 3.07. The molecule has 0 atom stereocenters. The lowest BCUT2D eigenvalue weighted by Crippen LogP contribution is -2.53. The minimum atomic E-state index is -0.526. The second-order valence-electron chi connectivity index (χ2n) is 5.22. The van der Waals surface area contributed by atoms with Crippen molar-refractivity contribution in [1.82, 2.24) is 10.2 Å². The van der Waals surface area contributed by atoms with Crippen LogP contribution in [0.5, 0.6) is 11.5 Å². The Hall–Kier alpha value is -1.94. The lowest BCUT2D eigenvalue weighted by molar-refractivity contribution is -0.128. The van der Waals surface area contributed by atoms with E-state index in [2.05, 4.69) is 34.5 Å². The number of amides is 2. The van der Waals surface area contributed by atoms with E-state index in [0.717, 1.165) is 3.57 Å². The molecule has 2 rings (SSSR count). The van der Waals surface area contributed by atoms with Crippen LogP contribution in [0.1, 0.15) is 19.4 Å². The molecule has 1 heterocycles. The summed E-state index contributed by atoms with van der Waals surface area (Å²) < 4.78 is 12.1. The summed E-state index contributed by atoms with van der Waals surface area (Å²) in [5.41, 5.74) is 0.661. The van der Waals surface area contributed by atoms with Gasteiger partial charge in [-0.3, -0.25) is 19.8 Å². The number of thiocarbonyl (C=S) groups is 1. The van der Waals surface area contributed by atoms with Crippen molar-refractivity contribution in [2.45, 2.75) is 13.8 Å². The first-order valence-electron chi connectivity index (χ1n) is 8.01. The number of nitrogens with one attached hydrogen (secondary N) is 1. The lowest BCUT2D eigenvalue weighted by atomic mass is 10.1. The average molecular weight is 486 g/mol. The van der Waals surface area contributed by atoms with Crippen LogP contribution in [0.3, 0.4) is 0 Å². The van der Waals surface area contributed by atoms with E-state index in [4.69, 9.17) is 21.7 Å². The Morgan fingerprint density at radius 1 is 1.27 bits per heavy atom. The summed E-state index contributed by atoms with van der Waals surface area (Å²) >= 11 is 7.18. The van der Waals surface area contributed by atoms with Gasteiger partial charge in [0.15, 0.2) is 16.6 Å². The number of rotatable bonds is 7. The first-order valence-corrected chi connectivity index (χ1v) is 9.50. The number of carbonyl (C=O) groups is 2. The van der Waals surface area contributed by atoms with E-state index >= 15 is 0 Å². The molecule has 26 heavy (non-hydrogen) atoms. The molecule has 1 aliphatic rings. The number of ether oxygens (including phenoxy) is 2. The molecule has 2 amide bonds. The molecule has 0 bridgehead atoms. The average Bonchev–Trinajstić information content (AvgIpc) is 2.58. The zero-order chi connectivity index (χ0) is 19.3. The molecule has 0 spiro atoms. The van der Waals surface area contributed by atoms with Crippen molar-refractivity contribution in [3.63, 3.8) is 0 Å². The minimum Gasteiger partial charge on any atom is -0.490 e. The summed E-state index contributed by atoms with van der Waals surface area (Å²) in [5.74, 6) is 0.226. The van der Waals surface area contributed by atoms with Crippen molar-refractivity contribution < 1.29 is 19.1 Å². The van der Waals surface area contributed by atoms with Crippen molar-refractivity contribution in [2.24, 2.45) is 0 Å². The van der Waals surface area contributed by atoms with Gasteiger partial charge in [0.25, 0.3) is 11.8 Å². The zero-order valence-electron chi connectivity index (χ0n) is 14.5. The van der Waals surface area contributed by atoms with Crippen molar-refractivity contribution >= 4 is 57.8 Å². The maximum absolute atomic E-state index is 12.6. The number of benzene rings is 1. The van der Waals surface area contributed by atoms with Crippen LogP contribution in [0.2, 0.25) is 0 Å². The molecule has 0 unspecified atom stereocenters. The van der Waals surface area contributed by atoms with E-state index in [1.807, 2.05) is 19.9 Å². The summed E-state index contributed by atoms with van der Waals surface area (Å²) in [6, 6.07) is 3.57. The van der Waals surface area contributed by atoms with Gasteiger partial charge in [-0.15, -0.1) is 6.58 Å². The molecule has 8 heteroatoms. The fourth-order valence-corrected chi connectivity index (χ4v) is 3.41. The maximum Gasteiger partial charge on any atom is 0.265 e. The molecule has 1 aromatic carbocycles. The molecule has 6 nitrogen and oxygen atoms in total. The molecular formula is C18H19IN2O4S. The highest BCUT2D eigenvalue weighted by molar-refractivity contribution is 14.1. The molecule has 1 N–H and O–H groups in total. The number of nitrogens with zero attached hydrogens (tertiary/aromatic N) is 1. The quantitative estimate of drug-likeness (QED) is 0.211. The van der Waals surface area contributed by atoms with E-state index < -0.39 is 11.8 Å². The predicted octanol–water partition coefficient (Wildman–Crippen LogP) is 2.90. The van der Waals surface area contributed by atoms with Crippen LogP contribution in [0, 0.1) is 3.57 Å². The molecule has 0 aromatic heterocycles. The standard InChI is InChI=1S/C18H19IN2O4S/c1-4-7-21-17(23)12(16(22)20-18(21)26)8-11-9-13(19)15(25-6-3)14(10-11)24-5-2/h4,8-10H,1,5-7H2,2-3H3,(H,20,22,26)/b12-8+. The summed E-state index contributed by atoms with van der Waals surface area (Å²) in [4.78, 5) is 26.1. The van der Waals surface area contributed by atoms with Gasteiger partial charge in [-0.05, 0) is 72.4 Å². The van der Waals surface area contributed by atoms with E-state index in [1.165, 1.54) is 11.0 Å². The largest absolute Gasteiger partial charge is 0.490 e. The second-order valence-corrected chi connectivity index (χ2v) is 6.77. The molecule has 1 saturated heterocycles. The molecule has 0 aliphatic carbocycles. The maximum atomic E-state index is 12.6. The summed E-state index contributed by atoms with van der Waals surface area (Å²) in [5, 5.41) is 2.60. The van der Waals surface area contributed by atoms with Crippen molar-refractivity contribution in [1.29, 1.82) is 0 Å². The predicted molar refractivity (Wildman–Crippen MR) is 112 cm³/mol. The van der Waals surface area contributed by atoms with Crippen LogP contribution in [0.4, 0.5) is 0 Å². The van der Waals surface area contributed by atoms with Gasteiger partial charge >= 0.3 is 0 Å². The van der Waals surface area contributed by atoms with Gasteiger partial charge in [-0.1, -0.05) is 6.08 Å². The Morgan fingerprint density at radius 3 is 2.58 bits per heavy atom. The van der Waals surface area contributed by atoms with Crippen LogP contribution in [-0.4, -0.2) is 41.6 Å². The van der Waals surface area contributed by atoms with Gasteiger partial charge in [0, 0.05) is 6.54 Å². The van der Waals surface area contributed by atoms with Crippen molar-refractivity contribution in [2.75, 3.05) is 19.8 Å². The van der Waals surface area contributed by atoms with Gasteiger partial charge in [0.2, 0.25) is 0 Å². The molecule has 1 aromatic rings. The highest BCUT2D eigenvalue weighted by Crippen LogP contribution is 2.35. The number of hydrogen-bond donors (Lipinski definition) is 1. The van der Waals surface area contributed by atoms with Gasteiger partial charge in [-0.2, -0.15) is 0 Å². The Bertz CT molecular complexity index is 792. The fraction of sp³-hybridized carbons (Fsp3) is 0.278. The fourth-order valence-electron chi connectivity index (χ4n) is 2.37. The zero-order valence-corrected chi connectivity index (χ0v) is 17.5. The van der Waals surface area contributed by atoms with Gasteiger partial charge in [0.1, 0.15) is 5.57 Å². The third-order valence-corrected chi connectivity index (χ3v) is 4.55. The van der Waals surface area contributed by atoms with Crippen molar-refractivity contribution in [3.05, 3.63) is 39.5 Å². The van der Waals surface area contributed by atoms with Crippen LogP contribution in [-0.2, 0) is 9.59 Å². The van der Waals surface area contributed by atoms with Crippen LogP contribution < -0.4 is 14.8 Å². The first-order chi connectivity index (χ1) is 12.4. The van der Waals surface area contributed by atoms with E-state index in [0.29, 0.717) is 30.3 Å². The lowest BCUT2D eigenvalue weighted by Gasteiger charge is -2.27. The molecule has 1 fully saturated rings. The van der Waals surface area contributed by atoms with E-state index in [1.54, 1.807) is 12.1 Å². The Kier molecular flexibility index (Phi) is 7.15. The van der Waals surface area contributed by atoms with Crippen LogP contribution in [0.25, 0.3) is 6.08 Å². The monoisotopic (exact) mass is 486 g/mol. The topological polar surface area (TPSA) is 67.9 Å². The second kappa shape index (κ2) is 9.13. The Morgan fingerprint density at radius 2 is 1.96 bits per heavy atom. The minimum absolute atomic E-state index is 0.00265. The summed E-state index contributed by atoms with van der Waals surface area (Å²) in [6.45, 7) is 8.57. The Labute approximate surface area is 171 Å². The van der Waals surface area contributed by atoms with Crippen molar-refractivity contribution in [3.8, 4) is 11.5 Å². The molecule has 1 aliphatic heterocycles. The smallest absolute Gasteiger partial charge is 0.265 e. The first kappa shape index (κ1) is 20.4. The van der Waals surface area contributed by atoms with E-state index in [-0.39, 0.29) is 17.2 Å². The van der Waals surface area contributed by atoms with Crippen LogP contribution >= 0.6 is 34.8 Å². The third-order valence-electron chi connectivity index (χ3n) is 3.43. The SMILES string of the molecule is C=CCN1C(=O)/C(=C/c2cc(I)c(OCC)c(OCC)c2)C(=O)NC1=S. The molecule has 0 saturated carbocycles. The molecule has 0 radical (unpaired) electrons. The van der Waals surface area contributed by atoms with E-state index in [9.17, 15) is 9.59 Å². The Balaban J connectivity index is 2.46. The number of hydrogen-bond acceptors (Lipinski definition) is 5. The number of halogens is 1. The highest BCUT2D eigenvalue weighted by Gasteiger charge is 2.32. The van der Waals surface area contributed by atoms with Gasteiger partial charge in [-0.25, -0.2) is 0 Å².